The third-order valence-electron chi connectivity index (χ3n) is 6.95. The molecule has 2 aromatic heterocycles. The number of nitrogens with two attached hydrogens (primary N) is 1. The molecular formula is C28H38N6O3. The van der Waals surface area contributed by atoms with Crippen molar-refractivity contribution in [3.05, 3.63) is 42.4 Å². The van der Waals surface area contributed by atoms with Crippen LogP contribution in [0.5, 0.6) is 5.88 Å². The number of primary amides is 1. The number of hydrogen-bond donors (Lipinski definition) is 3. The van der Waals surface area contributed by atoms with Gasteiger partial charge in [-0.3, -0.25) is 9.59 Å². The van der Waals surface area contributed by atoms with E-state index in [4.69, 9.17) is 10.5 Å². The molecule has 0 unspecified atom stereocenters. The summed E-state index contributed by atoms with van der Waals surface area (Å²) in [7, 11) is 1.61. The van der Waals surface area contributed by atoms with Crippen LogP contribution in [0.3, 0.4) is 0 Å². The van der Waals surface area contributed by atoms with E-state index in [1.165, 1.54) is 19.3 Å². The molecule has 0 spiro atoms. The number of amides is 2. The maximum absolute atomic E-state index is 12.9. The fourth-order valence-corrected chi connectivity index (χ4v) is 4.91. The first-order valence-corrected chi connectivity index (χ1v) is 13.3. The lowest BCUT2D eigenvalue weighted by Crippen LogP contribution is -2.35. The molecule has 37 heavy (non-hydrogen) atoms. The number of fused-ring (bicyclic) bond motifs is 1. The van der Waals surface area contributed by atoms with Gasteiger partial charge in [0.25, 0.3) is 0 Å². The van der Waals surface area contributed by atoms with Crippen molar-refractivity contribution in [1.82, 2.24) is 25.2 Å². The van der Waals surface area contributed by atoms with Crippen LogP contribution in [0.15, 0.2) is 36.5 Å². The summed E-state index contributed by atoms with van der Waals surface area (Å²) in [6.45, 7) is 2.92. The maximum Gasteiger partial charge on any atom is 0.223 e. The molecule has 1 aliphatic rings. The van der Waals surface area contributed by atoms with Crippen LogP contribution in [0.25, 0.3) is 22.2 Å². The van der Waals surface area contributed by atoms with Gasteiger partial charge in [0, 0.05) is 24.8 Å². The Bertz CT molecular complexity index is 1190. The second kappa shape index (κ2) is 13.2. The summed E-state index contributed by atoms with van der Waals surface area (Å²) < 4.78 is 5.57. The predicted molar refractivity (Wildman–Crippen MR) is 144 cm³/mol. The summed E-state index contributed by atoms with van der Waals surface area (Å²) in [5.74, 6) is 0.959. The molecule has 0 aliphatic carbocycles. The highest BCUT2D eigenvalue weighted by Gasteiger charge is 2.21. The van der Waals surface area contributed by atoms with Crippen LogP contribution in [-0.4, -0.2) is 58.4 Å². The van der Waals surface area contributed by atoms with Crippen molar-refractivity contribution < 1.29 is 14.3 Å². The Kier molecular flexibility index (Phi) is 9.48. The first-order chi connectivity index (χ1) is 18.0. The fourth-order valence-electron chi connectivity index (χ4n) is 4.91. The largest absolute Gasteiger partial charge is 0.480 e. The second-order valence-corrected chi connectivity index (χ2v) is 9.76. The number of likely N-dealkylation sites (tertiary alicyclic amines) is 1. The topological polar surface area (TPSA) is 126 Å². The Morgan fingerprint density at radius 1 is 1.14 bits per heavy atom. The van der Waals surface area contributed by atoms with Crippen LogP contribution in [0.4, 0.5) is 0 Å². The number of rotatable bonds is 13. The number of para-hydroxylation sites is 1. The zero-order valence-corrected chi connectivity index (χ0v) is 21.7. The van der Waals surface area contributed by atoms with Gasteiger partial charge in [0.05, 0.1) is 36.1 Å². The lowest BCUT2D eigenvalue weighted by molar-refractivity contribution is -0.122. The van der Waals surface area contributed by atoms with E-state index in [0.717, 1.165) is 61.1 Å². The highest BCUT2D eigenvalue weighted by atomic mass is 16.5. The number of unbranched alkanes of at least 4 members (excludes halogenated alkanes) is 2. The van der Waals surface area contributed by atoms with Gasteiger partial charge in [-0.05, 0) is 50.9 Å². The molecule has 9 nitrogen and oxygen atoms in total. The second-order valence-electron chi connectivity index (χ2n) is 9.76. The van der Waals surface area contributed by atoms with E-state index in [9.17, 15) is 9.59 Å². The highest BCUT2D eigenvalue weighted by Crippen LogP contribution is 2.31. The molecule has 0 bridgehead atoms. The molecule has 1 fully saturated rings. The van der Waals surface area contributed by atoms with Crippen LogP contribution < -0.4 is 15.8 Å². The van der Waals surface area contributed by atoms with Gasteiger partial charge in [0.2, 0.25) is 17.7 Å². The minimum Gasteiger partial charge on any atom is -0.480 e. The first-order valence-electron chi connectivity index (χ1n) is 13.3. The van der Waals surface area contributed by atoms with Crippen molar-refractivity contribution in [2.45, 2.75) is 63.8 Å². The number of piperidine rings is 1. The molecule has 198 valence electrons. The van der Waals surface area contributed by atoms with E-state index in [2.05, 4.69) is 25.2 Å². The third kappa shape index (κ3) is 7.52. The number of aromatic amines is 1. The van der Waals surface area contributed by atoms with E-state index >= 15 is 0 Å². The lowest BCUT2D eigenvalue weighted by atomic mass is 10.1. The molecule has 1 atom stereocenters. The van der Waals surface area contributed by atoms with Crippen molar-refractivity contribution in [1.29, 1.82) is 0 Å². The molecule has 0 radical (unpaired) electrons. The zero-order chi connectivity index (χ0) is 26.0. The smallest absolute Gasteiger partial charge is 0.223 e. The molecule has 3 heterocycles. The average molecular weight is 507 g/mol. The number of carbonyl (C=O) groups excluding carboxylic acids is 2. The number of ether oxygens (including phenoxy) is 1. The Morgan fingerprint density at radius 2 is 1.95 bits per heavy atom. The lowest BCUT2D eigenvalue weighted by Gasteiger charge is -2.26. The van der Waals surface area contributed by atoms with Crippen LogP contribution in [-0.2, 0) is 9.59 Å². The monoisotopic (exact) mass is 506 g/mol. The molecular weight excluding hydrogens is 468 g/mol. The van der Waals surface area contributed by atoms with E-state index in [0.29, 0.717) is 31.0 Å². The molecule has 3 aromatic rings. The van der Waals surface area contributed by atoms with E-state index in [1.54, 1.807) is 13.3 Å². The third-order valence-corrected chi connectivity index (χ3v) is 6.95. The Morgan fingerprint density at radius 3 is 2.73 bits per heavy atom. The standard InChI is InChI=1S/C28H38N6O3/c1-37-28-21(18-20-10-6-7-11-22(20)33-28)24-19-30-27(32-24)23(12-4-2-5-13-25(29)35)31-26(36)14-17-34-15-8-3-9-16-34/h6-7,10-11,18-19,23H,2-5,8-9,12-17H2,1H3,(H2,29,35)(H,30,32)(H,31,36)/t23-/m0/s1. The number of nitrogens with zero attached hydrogens (tertiary/aromatic N) is 3. The zero-order valence-electron chi connectivity index (χ0n) is 21.7. The van der Waals surface area contributed by atoms with Crippen LogP contribution >= 0.6 is 0 Å². The number of imidazole rings is 1. The molecule has 9 heteroatoms. The van der Waals surface area contributed by atoms with Gasteiger partial charge >= 0.3 is 0 Å². The Labute approximate surface area is 218 Å². The highest BCUT2D eigenvalue weighted by molar-refractivity contribution is 5.85. The fraction of sp³-hybridized carbons (Fsp3) is 0.500. The number of aromatic nitrogens is 3. The summed E-state index contributed by atoms with van der Waals surface area (Å²) >= 11 is 0. The summed E-state index contributed by atoms with van der Waals surface area (Å²) in [6.07, 6.45) is 9.47. The summed E-state index contributed by atoms with van der Waals surface area (Å²) in [4.78, 5) is 39.0. The van der Waals surface area contributed by atoms with E-state index < -0.39 is 0 Å². The normalized spacial score (nSPS) is 14.9. The number of carbonyl (C=O) groups is 2. The van der Waals surface area contributed by atoms with Gasteiger partial charge in [-0.25, -0.2) is 9.97 Å². The van der Waals surface area contributed by atoms with Crippen molar-refractivity contribution in [3.8, 4) is 17.1 Å². The average Bonchev–Trinajstić information content (AvgIpc) is 3.41. The SMILES string of the molecule is COc1nc2ccccc2cc1-c1cnc([C@H](CCCCCC(N)=O)NC(=O)CCN2CCCCC2)[nH]1. The number of methoxy groups -OCH3 is 1. The van der Waals surface area contributed by atoms with Gasteiger partial charge in [0.15, 0.2) is 0 Å². The van der Waals surface area contributed by atoms with Gasteiger partial charge in [-0.2, -0.15) is 0 Å². The van der Waals surface area contributed by atoms with Crippen molar-refractivity contribution in [2.75, 3.05) is 26.7 Å². The molecule has 2 amide bonds. The summed E-state index contributed by atoms with van der Waals surface area (Å²) in [5, 5.41) is 4.20. The van der Waals surface area contributed by atoms with Crippen molar-refractivity contribution in [2.24, 2.45) is 5.73 Å². The minimum absolute atomic E-state index is 0.0237. The number of nitrogens with one attached hydrogen (secondary N) is 2. The van der Waals surface area contributed by atoms with Gasteiger partial charge in [-0.15, -0.1) is 0 Å². The summed E-state index contributed by atoms with van der Waals surface area (Å²) in [6, 6.07) is 9.68. The van der Waals surface area contributed by atoms with Gasteiger partial charge in [0.1, 0.15) is 5.82 Å². The van der Waals surface area contributed by atoms with Crippen LogP contribution in [0, 0.1) is 0 Å². The molecule has 1 aromatic carbocycles. The van der Waals surface area contributed by atoms with Crippen molar-refractivity contribution >= 4 is 22.7 Å². The number of hydrogen-bond acceptors (Lipinski definition) is 6. The van der Waals surface area contributed by atoms with Crippen LogP contribution in [0.1, 0.15) is 69.7 Å². The van der Waals surface area contributed by atoms with Crippen LogP contribution in [0.2, 0.25) is 0 Å². The molecule has 4 rings (SSSR count). The minimum atomic E-state index is -0.281. The number of pyridine rings is 1. The predicted octanol–water partition coefficient (Wildman–Crippen LogP) is 4.10. The Hall–Kier alpha value is -3.46. The van der Waals surface area contributed by atoms with Gasteiger partial charge in [-0.1, -0.05) is 37.5 Å². The first kappa shape index (κ1) is 26.6. The quantitative estimate of drug-likeness (QED) is 0.300. The van der Waals surface area contributed by atoms with E-state index in [1.807, 2.05) is 30.3 Å². The van der Waals surface area contributed by atoms with Crippen molar-refractivity contribution in [3.63, 3.8) is 0 Å². The van der Waals surface area contributed by atoms with Gasteiger partial charge < -0.3 is 25.7 Å². The maximum atomic E-state index is 12.9. The number of benzene rings is 1. The molecule has 4 N–H and O–H groups in total. The Balaban J connectivity index is 1.47. The number of H-pyrrole nitrogens is 1. The summed E-state index contributed by atoms with van der Waals surface area (Å²) in [5.41, 5.74) is 7.73. The van der Waals surface area contributed by atoms with E-state index in [-0.39, 0.29) is 17.9 Å². The molecule has 1 aliphatic heterocycles. The molecule has 0 saturated carbocycles. The molecule has 1 saturated heterocycles.